The highest BCUT2D eigenvalue weighted by molar-refractivity contribution is 7.98. The fraction of sp³-hybridized carbons (Fsp3) is 0.387. The maximum absolute atomic E-state index is 13.6. The molecule has 3 aromatic rings. The molecule has 38 heavy (non-hydrogen) atoms. The van der Waals surface area contributed by atoms with Crippen molar-refractivity contribution in [2.75, 3.05) is 32.4 Å². The SMILES string of the molecule is CSc1ccc(C(=O)N2CCc3ccccc3C2CCN2CCC(c3cccc(C(F)(F)F)c3)CC2)cc1. The number of thioether (sulfide) groups is 1. The Kier molecular flexibility index (Phi) is 8.15. The number of carbonyl (C=O) groups excluding carboxylic acids is 1. The van der Waals surface area contributed by atoms with Gasteiger partial charge in [-0.15, -0.1) is 11.8 Å². The van der Waals surface area contributed by atoms with E-state index in [4.69, 9.17) is 0 Å². The molecule has 3 aromatic carbocycles. The monoisotopic (exact) mass is 538 g/mol. The number of benzene rings is 3. The standard InChI is InChI=1S/C31H33F3N2OS/c1-38-27-11-9-24(10-12-27)30(37)36-20-15-23-5-2-3-8-28(23)29(36)16-19-35-17-13-22(14-18-35)25-6-4-7-26(21-25)31(32,33)34/h2-12,21-22,29H,13-20H2,1H3. The van der Waals surface area contributed by atoms with Crippen LogP contribution in [0, 0.1) is 0 Å². The van der Waals surface area contributed by atoms with E-state index in [-0.39, 0.29) is 17.9 Å². The summed E-state index contributed by atoms with van der Waals surface area (Å²) < 4.78 is 39.5. The second-order valence-electron chi connectivity index (χ2n) is 10.2. The first-order valence-corrected chi connectivity index (χ1v) is 14.5. The van der Waals surface area contributed by atoms with Crippen LogP contribution < -0.4 is 0 Å². The predicted molar refractivity (Wildman–Crippen MR) is 147 cm³/mol. The molecule has 1 amide bonds. The number of alkyl halides is 3. The smallest absolute Gasteiger partial charge is 0.331 e. The second-order valence-corrected chi connectivity index (χ2v) is 11.1. The van der Waals surface area contributed by atoms with E-state index in [0.717, 1.165) is 61.8 Å². The van der Waals surface area contributed by atoms with Gasteiger partial charge < -0.3 is 9.80 Å². The molecule has 1 unspecified atom stereocenters. The predicted octanol–water partition coefficient (Wildman–Crippen LogP) is 7.44. The van der Waals surface area contributed by atoms with Gasteiger partial charge in [0.2, 0.25) is 0 Å². The molecule has 1 saturated heterocycles. The Morgan fingerprint density at radius 2 is 1.68 bits per heavy atom. The van der Waals surface area contributed by atoms with Gasteiger partial charge in [-0.3, -0.25) is 4.79 Å². The summed E-state index contributed by atoms with van der Waals surface area (Å²) in [6.07, 6.45) is 1.08. The van der Waals surface area contributed by atoms with Crippen molar-refractivity contribution in [1.29, 1.82) is 0 Å². The van der Waals surface area contributed by atoms with Gasteiger partial charge in [0.25, 0.3) is 5.91 Å². The Balaban J connectivity index is 1.25. The zero-order valence-corrected chi connectivity index (χ0v) is 22.4. The largest absolute Gasteiger partial charge is 0.416 e. The molecule has 2 heterocycles. The van der Waals surface area contributed by atoms with Gasteiger partial charge in [-0.05, 0) is 98.0 Å². The van der Waals surface area contributed by atoms with Crippen molar-refractivity contribution in [2.24, 2.45) is 0 Å². The Morgan fingerprint density at radius 1 is 0.947 bits per heavy atom. The molecule has 3 nitrogen and oxygen atoms in total. The second kappa shape index (κ2) is 11.5. The zero-order valence-electron chi connectivity index (χ0n) is 21.6. The van der Waals surface area contributed by atoms with Crippen LogP contribution in [0.1, 0.15) is 63.8 Å². The summed E-state index contributed by atoms with van der Waals surface area (Å²) in [5, 5.41) is 0. The van der Waals surface area contributed by atoms with Crippen LogP contribution in [0.3, 0.4) is 0 Å². The molecule has 7 heteroatoms. The van der Waals surface area contributed by atoms with Crippen molar-refractivity contribution in [3.05, 3.63) is 101 Å². The molecular weight excluding hydrogens is 505 g/mol. The summed E-state index contributed by atoms with van der Waals surface area (Å²) in [6.45, 7) is 3.24. The van der Waals surface area contributed by atoms with Gasteiger partial charge in [0, 0.05) is 23.5 Å². The van der Waals surface area contributed by atoms with Crippen LogP contribution in [0.5, 0.6) is 0 Å². The van der Waals surface area contributed by atoms with Crippen molar-refractivity contribution in [1.82, 2.24) is 9.80 Å². The number of carbonyl (C=O) groups is 1. The lowest BCUT2D eigenvalue weighted by atomic mass is 9.87. The molecule has 2 aliphatic heterocycles. The molecule has 5 rings (SSSR count). The van der Waals surface area contributed by atoms with Crippen LogP contribution in [0.15, 0.2) is 77.7 Å². The molecule has 0 bridgehead atoms. The first kappa shape index (κ1) is 26.8. The third-order valence-electron chi connectivity index (χ3n) is 8.00. The van der Waals surface area contributed by atoms with Crippen molar-refractivity contribution in [2.45, 2.75) is 48.7 Å². The molecular formula is C31H33F3N2OS. The molecule has 1 fully saturated rings. The molecule has 0 radical (unpaired) electrons. The van der Waals surface area contributed by atoms with Crippen LogP contribution in [0.2, 0.25) is 0 Å². The molecule has 1 atom stereocenters. The normalized spacial score (nSPS) is 18.8. The molecule has 0 aromatic heterocycles. The number of amides is 1. The molecule has 200 valence electrons. The number of nitrogens with zero attached hydrogens (tertiary/aromatic N) is 2. The van der Waals surface area contributed by atoms with Crippen LogP contribution in [-0.4, -0.2) is 48.1 Å². The molecule has 0 N–H and O–H groups in total. The number of hydrogen-bond acceptors (Lipinski definition) is 3. The number of rotatable bonds is 6. The Bertz CT molecular complexity index is 1250. The Labute approximate surface area is 227 Å². The van der Waals surface area contributed by atoms with Gasteiger partial charge in [-0.2, -0.15) is 13.2 Å². The van der Waals surface area contributed by atoms with E-state index in [1.54, 1.807) is 11.8 Å². The minimum atomic E-state index is -4.31. The van der Waals surface area contributed by atoms with Gasteiger partial charge in [0.15, 0.2) is 0 Å². The van der Waals surface area contributed by atoms with E-state index in [9.17, 15) is 18.0 Å². The molecule has 0 saturated carbocycles. The van der Waals surface area contributed by atoms with Crippen molar-refractivity contribution in [3.63, 3.8) is 0 Å². The van der Waals surface area contributed by atoms with E-state index in [2.05, 4.69) is 23.1 Å². The average Bonchev–Trinajstić information content (AvgIpc) is 2.95. The van der Waals surface area contributed by atoms with Gasteiger partial charge in [0.05, 0.1) is 11.6 Å². The molecule has 0 spiro atoms. The van der Waals surface area contributed by atoms with E-state index in [1.165, 1.54) is 23.3 Å². The van der Waals surface area contributed by atoms with E-state index in [1.807, 2.05) is 47.6 Å². The molecule has 0 aliphatic carbocycles. The summed E-state index contributed by atoms with van der Waals surface area (Å²) in [4.78, 5) is 19.2. The van der Waals surface area contributed by atoms with E-state index < -0.39 is 11.7 Å². The summed E-state index contributed by atoms with van der Waals surface area (Å²) in [6, 6.07) is 22.1. The number of fused-ring (bicyclic) bond motifs is 1. The van der Waals surface area contributed by atoms with Crippen molar-refractivity contribution < 1.29 is 18.0 Å². The van der Waals surface area contributed by atoms with Crippen LogP contribution in [-0.2, 0) is 12.6 Å². The first-order chi connectivity index (χ1) is 18.3. The first-order valence-electron chi connectivity index (χ1n) is 13.3. The highest BCUT2D eigenvalue weighted by Gasteiger charge is 2.33. The highest BCUT2D eigenvalue weighted by Crippen LogP contribution is 2.36. The zero-order chi connectivity index (χ0) is 26.7. The summed E-state index contributed by atoms with van der Waals surface area (Å²) in [5.74, 6) is 0.215. The maximum atomic E-state index is 13.6. The number of hydrogen-bond donors (Lipinski definition) is 0. The number of halogens is 3. The highest BCUT2D eigenvalue weighted by atomic mass is 32.2. The van der Waals surface area contributed by atoms with Crippen LogP contribution in [0.25, 0.3) is 0 Å². The fourth-order valence-electron chi connectivity index (χ4n) is 5.87. The Hall–Kier alpha value is -2.77. The van der Waals surface area contributed by atoms with Gasteiger partial charge in [-0.25, -0.2) is 0 Å². The van der Waals surface area contributed by atoms with Crippen molar-refractivity contribution in [3.8, 4) is 0 Å². The van der Waals surface area contributed by atoms with E-state index >= 15 is 0 Å². The van der Waals surface area contributed by atoms with E-state index in [0.29, 0.717) is 12.1 Å². The quantitative estimate of drug-likeness (QED) is 0.305. The lowest BCUT2D eigenvalue weighted by Crippen LogP contribution is -2.42. The van der Waals surface area contributed by atoms with Crippen molar-refractivity contribution >= 4 is 17.7 Å². The summed E-state index contributed by atoms with van der Waals surface area (Å²) in [5.41, 5.74) is 3.47. The number of piperidine rings is 1. The van der Waals surface area contributed by atoms with Crippen LogP contribution in [0.4, 0.5) is 13.2 Å². The van der Waals surface area contributed by atoms with Crippen LogP contribution >= 0.6 is 11.8 Å². The van der Waals surface area contributed by atoms with Gasteiger partial charge in [0.1, 0.15) is 0 Å². The minimum Gasteiger partial charge on any atom is -0.331 e. The third kappa shape index (κ3) is 5.94. The lowest BCUT2D eigenvalue weighted by Gasteiger charge is -2.39. The van der Waals surface area contributed by atoms with Gasteiger partial charge in [-0.1, -0.05) is 42.5 Å². The maximum Gasteiger partial charge on any atom is 0.416 e. The minimum absolute atomic E-state index is 0.00821. The third-order valence-corrected chi connectivity index (χ3v) is 8.75. The fourth-order valence-corrected chi connectivity index (χ4v) is 6.28. The van der Waals surface area contributed by atoms with Gasteiger partial charge >= 0.3 is 6.18 Å². The summed E-state index contributed by atoms with van der Waals surface area (Å²) in [7, 11) is 0. The Morgan fingerprint density at radius 3 is 2.39 bits per heavy atom. The molecule has 2 aliphatic rings. The lowest BCUT2D eigenvalue weighted by molar-refractivity contribution is -0.137. The summed E-state index contributed by atoms with van der Waals surface area (Å²) >= 11 is 1.66. The number of likely N-dealkylation sites (tertiary alicyclic amines) is 1. The average molecular weight is 539 g/mol. The topological polar surface area (TPSA) is 23.6 Å².